The Balaban J connectivity index is 2.96. The van der Waals surface area contributed by atoms with Gasteiger partial charge in [-0.1, -0.05) is 26.3 Å². The van der Waals surface area contributed by atoms with Crippen LogP contribution < -0.4 is 4.72 Å². The minimum atomic E-state index is -3.83. The lowest BCUT2D eigenvalue weighted by atomic mass is 10.0. The summed E-state index contributed by atoms with van der Waals surface area (Å²) in [6, 6.07) is 3.10. The van der Waals surface area contributed by atoms with E-state index in [1.807, 2.05) is 13.8 Å². The quantitative estimate of drug-likeness (QED) is 0.813. The van der Waals surface area contributed by atoms with Crippen LogP contribution in [0.4, 0.5) is 4.39 Å². The fourth-order valence-corrected chi connectivity index (χ4v) is 3.55. The lowest BCUT2D eigenvalue weighted by Crippen LogP contribution is -2.34. The summed E-state index contributed by atoms with van der Waals surface area (Å²) in [4.78, 5) is -0.198. The smallest absolute Gasteiger partial charge is 0.241 e. The van der Waals surface area contributed by atoms with Crippen molar-refractivity contribution >= 4 is 10.0 Å². The van der Waals surface area contributed by atoms with Gasteiger partial charge >= 0.3 is 0 Å². The largest absolute Gasteiger partial charge is 0.392 e. The summed E-state index contributed by atoms with van der Waals surface area (Å²) in [5.41, 5.74) is 0.189. The zero-order chi connectivity index (χ0) is 15.3. The highest BCUT2D eigenvalue weighted by Crippen LogP contribution is 2.19. The minimum Gasteiger partial charge on any atom is -0.392 e. The molecule has 0 spiro atoms. The van der Waals surface area contributed by atoms with Gasteiger partial charge in [-0.05, 0) is 37.0 Å². The molecule has 0 aliphatic rings. The van der Waals surface area contributed by atoms with Gasteiger partial charge in [-0.2, -0.15) is 0 Å². The molecule has 114 valence electrons. The van der Waals surface area contributed by atoms with Crippen LogP contribution in [0, 0.1) is 11.7 Å². The molecule has 0 bridgehead atoms. The van der Waals surface area contributed by atoms with Crippen molar-refractivity contribution in [3.8, 4) is 0 Å². The van der Waals surface area contributed by atoms with E-state index in [9.17, 15) is 17.9 Å². The van der Waals surface area contributed by atoms with Crippen molar-refractivity contribution in [3.05, 3.63) is 29.6 Å². The maximum atomic E-state index is 13.2. The van der Waals surface area contributed by atoms with Crippen LogP contribution in [0.1, 0.15) is 39.2 Å². The number of benzene rings is 1. The van der Waals surface area contributed by atoms with Gasteiger partial charge in [0, 0.05) is 6.04 Å². The molecular weight excluding hydrogens is 281 g/mol. The summed E-state index contributed by atoms with van der Waals surface area (Å²) in [5.74, 6) is -0.241. The van der Waals surface area contributed by atoms with Gasteiger partial charge in [-0.15, -0.1) is 0 Å². The van der Waals surface area contributed by atoms with Crippen molar-refractivity contribution in [2.75, 3.05) is 0 Å². The van der Waals surface area contributed by atoms with Gasteiger partial charge in [0.05, 0.1) is 11.5 Å². The highest BCUT2D eigenvalue weighted by atomic mass is 32.2. The van der Waals surface area contributed by atoms with E-state index in [-0.39, 0.29) is 16.5 Å². The van der Waals surface area contributed by atoms with Gasteiger partial charge in [0.2, 0.25) is 10.0 Å². The summed E-state index contributed by atoms with van der Waals surface area (Å²) in [6.07, 6.45) is 1.67. The fourth-order valence-electron chi connectivity index (χ4n) is 2.06. The highest BCUT2D eigenvalue weighted by molar-refractivity contribution is 7.89. The van der Waals surface area contributed by atoms with Gasteiger partial charge in [-0.25, -0.2) is 17.5 Å². The number of sulfonamides is 1. The first-order valence-electron chi connectivity index (χ1n) is 6.71. The Kier molecular flexibility index (Phi) is 6.10. The summed E-state index contributed by atoms with van der Waals surface area (Å²) >= 11 is 0. The molecule has 2 atom stereocenters. The monoisotopic (exact) mass is 303 g/mol. The summed E-state index contributed by atoms with van der Waals surface area (Å²) in [7, 11) is -3.83. The maximum absolute atomic E-state index is 13.2. The lowest BCUT2D eigenvalue weighted by molar-refractivity contribution is 0.278. The highest BCUT2D eigenvalue weighted by Gasteiger charge is 2.22. The van der Waals surface area contributed by atoms with Crippen LogP contribution in [0.5, 0.6) is 0 Å². The zero-order valence-electron chi connectivity index (χ0n) is 12.1. The van der Waals surface area contributed by atoms with Gasteiger partial charge < -0.3 is 5.11 Å². The third-order valence-corrected chi connectivity index (χ3v) is 4.97. The first-order chi connectivity index (χ1) is 9.30. The first kappa shape index (κ1) is 17.1. The van der Waals surface area contributed by atoms with Crippen molar-refractivity contribution in [1.29, 1.82) is 0 Å². The molecule has 0 saturated carbocycles. The minimum absolute atomic E-state index is 0.189. The third kappa shape index (κ3) is 4.54. The Morgan fingerprint density at radius 3 is 2.55 bits per heavy atom. The molecule has 0 aromatic heterocycles. The molecule has 1 aromatic carbocycles. The number of rotatable bonds is 7. The van der Waals surface area contributed by atoms with Crippen molar-refractivity contribution in [1.82, 2.24) is 4.72 Å². The van der Waals surface area contributed by atoms with E-state index in [2.05, 4.69) is 4.72 Å². The molecule has 0 saturated heterocycles. The molecule has 0 radical (unpaired) electrons. The predicted octanol–water partition coefficient (Wildman–Crippen LogP) is 2.42. The standard InChI is InChI=1S/C14H22FNO3S/c1-4-10(2)7-11(3)16-20(18,19)14-8-13(15)6-5-12(14)9-17/h5-6,8,10-11,16-17H,4,7,9H2,1-3H3. The molecule has 0 aliphatic heterocycles. The van der Waals surface area contributed by atoms with Crippen molar-refractivity contribution < 1.29 is 17.9 Å². The molecular formula is C14H22FNO3S. The molecule has 0 fully saturated rings. The van der Waals surface area contributed by atoms with Gasteiger partial charge in [0.1, 0.15) is 5.82 Å². The summed E-state index contributed by atoms with van der Waals surface area (Å²) in [5, 5.41) is 9.18. The van der Waals surface area contributed by atoms with Crippen LogP contribution in [-0.4, -0.2) is 19.6 Å². The van der Waals surface area contributed by atoms with Crippen LogP contribution >= 0.6 is 0 Å². The summed E-state index contributed by atoms with van der Waals surface area (Å²) < 4.78 is 40.3. The van der Waals surface area contributed by atoms with Gasteiger partial charge in [0.15, 0.2) is 0 Å². The van der Waals surface area contributed by atoms with Crippen LogP contribution in [-0.2, 0) is 16.6 Å². The lowest BCUT2D eigenvalue weighted by Gasteiger charge is -2.18. The Morgan fingerprint density at radius 1 is 1.35 bits per heavy atom. The van der Waals surface area contributed by atoms with Crippen LogP contribution in [0.3, 0.4) is 0 Å². The van der Waals surface area contributed by atoms with E-state index in [0.29, 0.717) is 12.3 Å². The number of aliphatic hydroxyl groups excluding tert-OH is 1. The zero-order valence-corrected chi connectivity index (χ0v) is 12.9. The average molecular weight is 303 g/mol. The Hall–Kier alpha value is -0.980. The number of aliphatic hydroxyl groups is 1. The molecule has 0 aliphatic carbocycles. The molecule has 1 rings (SSSR count). The molecule has 2 unspecified atom stereocenters. The number of hydrogen-bond acceptors (Lipinski definition) is 3. The van der Waals surface area contributed by atoms with E-state index in [0.717, 1.165) is 18.6 Å². The number of nitrogens with one attached hydrogen (secondary N) is 1. The predicted molar refractivity (Wildman–Crippen MR) is 76.2 cm³/mol. The van der Waals surface area contributed by atoms with E-state index in [1.165, 1.54) is 6.07 Å². The van der Waals surface area contributed by atoms with Crippen LogP contribution in [0.2, 0.25) is 0 Å². The molecule has 6 heteroatoms. The van der Waals surface area contributed by atoms with Crippen molar-refractivity contribution in [2.24, 2.45) is 5.92 Å². The summed E-state index contributed by atoms with van der Waals surface area (Å²) in [6.45, 7) is 5.42. The van der Waals surface area contributed by atoms with Crippen LogP contribution in [0.15, 0.2) is 23.1 Å². The first-order valence-corrected chi connectivity index (χ1v) is 8.20. The Labute approximate surface area is 120 Å². The van der Waals surface area contributed by atoms with Crippen molar-refractivity contribution in [2.45, 2.75) is 51.2 Å². The SMILES string of the molecule is CCC(C)CC(C)NS(=O)(=O)c1cc(F)ccc1CO. The normalized spacial score (nSPS) is 15.1. The number of halogens is 1. The molecule has 0 heterocycles. The van der Waals surface area contributed by atoms with E-state index >= 15 is 0 Å². The molecule has 0 amide bonds. The second-order valence-corrected chi connectivity index (χ2v) is 6.86. The van der Waals surface area contributed by atoms with E-state index in [4.69, 9.17) is 0 Å². The Morgan fingerprint density at radius 2 is 2.00 bits per heavy atom. The second-order valence-electron chi connectivity index (χ2n) is 5.18. The molecule has 4 nitrogen and oxygen atoms in total. The molecule has 1 aromatic rings. The average Bonchev–Trinajstić information content (AvgIpc) is 2.37. The van der Waals surface area contributed by atoms with Crippen molar-refractivity contribution in [3.63, 3.8) is 0 Å². The van der Waals surface area contributed by atoms with Crippen LogP contribution in [0.25, 0.3) is 0 Å². The Bertz CT molecular complexity index is 545. The molecule has 2 N–H and O–H groups in total. The maximum Gasteiger partial charge on any atom is 0.241 e. The van der Waals surface area contributed by atoms with E-state index in [1.54, 1.807) is 6.92 Å². The fraction of sp³-hybridized carbons (Fsp3) is 0.571. The topological polar surface area (TPSA) is 66.4 Å². The van der Waals surface area contributed by atoms with Gasteiger partial charge in [0.25, 0.3) is 0 Å². The molecule has 20 heavy (non-hydrogen) atoms. The van der Waals surface area contributed by atoms with E-state index < -0.39 is 22.4 Å². The van der Waals surface area contributed by atoms with Gasteiger partial charge in [-0.3, -0.25) is 0 Å². The number of hydrogen-bond donors (Lipinski definition) is 2. The second kappa shape index (κ2) is 7.15. The third-order valence-electron chi connectivity index (χ3n) is 3.30.